The first-order valence-corrected chi connectivity index (χ1v) is 7.10. The van der Waals surface area contributed by atoms with E-state index < -0.39 is 0 Å². The molecule has 13 heavy (non-hydrogen) atoms. The standard InChI is InChI=1S/C9H10Br2OS/c10-3-6-1-2-9(12-6)7-4-13-5-8(7)11/h4-6,9H,1-3H2. The van der Waals surface area contributed by atoms with Crippen molar-refractivity contribution in [3.05, 3.63) is 20.8 Å². The van der Waals surface area contributed by atoms with E-state index in [1.807, 2.05) is 0 Å². The Bertz CT molecular complexity index is 287. The van der Waals surface area contributed by atoms with Gasteiger partial charge in [-0.1, -0.05) is 15.9 Å². The third-order valence-electron chi connectivity index (χ3n) is 2.27. The summed E-state index contributed by atoms with van der Waals surface area (Å²) in [6, 6.07) is 0. The molecule has 2 atom stereocenters. The first kappa shape index (κ1) is 10.1. The maximum atomic E-state index is 5.87. The Morgan fingerprint density at radius 1 is 1.46 bits per heavy atom. The van der Waals surface area contributed by atoms with E-state index in [1.165, 1.54) is 10.0 Å². The molecule has 1 saturated heterocycles. The van der Waals surface area contributed by atoms with Crippen LogP contribution in [0.25, 0.3) is 0 Å². The molecule has 2 rings (SSSR count). The maximum Gasteiger partial charge on any atom is 0.0849 e. The zero-order valence-electron chi connectivity index (χ0n) is 7.00. The molecule has 4 heteroatoms. The minimum Gasteiger partial charge on any atom is -0.369 e. The third kappa shape index (κ3) is 2.17. The van der Waals surface area contributed by atoms with Crippen molar-refractivity contribution >= 4 is 43.2 Å². The molecule has 1 fully saturated rings. The molecule has 0 aliphatic carbocycles. The average Bonchev–Trinajstić information content (AvgIpc) is 2.71. The van der Waals surface area contributed by atoms with Crippen molar-refractivity contribution in [2.24, 2.45) is 0 Å². The summed E-state index contributed by atoms with van der Waals surface area (Å²) in [5, 5.41) is 5.23. The average molecular weight is 326 g/mol. The largest absolute Gasteiger partial charge is 0.369 e. The first-order chi connectivity index (χ1) is 6.31. The van der Waals surface area contributed by atoms with Gasteiger partial charge in [-0.2, -0.15) is 11.3 Å². The zero-order valence-corrected chi connectivity index (χ0v) is 11.0. The molecule has 0 bridgehead atoms. The van der Waals surface area contributed by atoms with Gasteiger partial charge in [0.25, 0.3) is 0 Å². The van der Waals surface area contributed by atoms with Crippen molar-refractivity contribution in [2.45, 2.75) is 25.0 Å². The van der Waals surface area contributed by atoms with Crippen LogP contribution in [0.5, 0.6) is 0 Å². The van der Waals surface area contributed by atoms with Crippen LogP contribution >= 0.6 is 43.2 Å². The first-order valence-electron chi connectivity index (χ1n) is 4.24. The van der Waals surface area contributed by atoms with Crippen molar-refractivity contribution in [2.75, 3.05) is 5.33 Å². The summed E-state index contributed by atoms with van der Waals surface area (Å²) in [6.45, 7) is 0. The molecular weight excluding hydrogens is 316 g/mol. The van der Waals surface area contributed by atoms with Crippen molar-refractivity contribution in [3.8, 4) is 0 Å². The number of halogens is 2. The summed E-state index contributed by atoms with van der Waals surface area (Å²) in [7, 11) is 0. The van der Waals surface area contributed by atoms with E-state index in [9.17, 15) is 0 Å². The fraction of sp³-hybridized carbons (Fsp3) is 0.556. The van der Waals surface area contributed by atoms with Gasteiger partial charge in [0.2, 0.25) is 0 Å². The van der Waals surface area contributed by atoms with Crippen LogP contribution < -0.4 is 0 Å². The Kier molecular flexibility index (Phi) is 3.46. The SMILES string of the molecule is BrCC1CCC(c2cscc2Br)O1. The lowest BCUT2D eigenvalue weighted by atomic mass is 10.1. The third-order valence-corrected chi connectivity index (χ3v) is 4.74. The van der Waals surface area contributed by atoms with Crippen LogP contribution in [0.2, 0.25) is 0 Å². The lowest BCUT2D eigenvalue weighted by Gasteiger charge is -2.10. The zero-order chi connectivity index (χ0) is 9.26. The normalized spacial score (nSPS) is 28.2. The summed E-state index contributed by atoms with van der Waals surface area (Å²) in [5.74, 6) is 0. The van der Waals surface area contributed by atoms with E-state index in [2.05, 4.69) is 42.6 Å². The minimum atomic E-state index is 0.308. The minimum absolute atomic E-state index is 0.308. The van der Waals surface area contributed by atoms with E-state index in [0.29, 0.717) is 12.2 Å². The summed E-state index contributed by atoms with van der Waals surface area (Å²) in [4.78, 5) is 0. The van der Waals surface area contributed by atoms with E-state index >= 15 is 0 Å². The second kappa shape index (κ2) is 4.43. The number of hydrogen-bond acceptors (Lipinski definition) is 2. The van der Waals surface area contributed by atoms with Gasteiger partial charge in [0.05, 0.1) is 12.2 Å². The van der Waals surface area contributed by atoms with Crippen LogP contribution in [0.15, 0.2) is 15.2 Å². The fourth-order valence-electron chi connectivity index (χ4n) is 1.57. The van der Waals surface area contributed by atoms with Gasteiger partial charge in [-0.3, -0.25) is 0 Å². The molecule has 1 aliphatic rings. The van der Waals surface area contributed by atoms with Crippen molar-refractivity contribution in [1.29, 1.82) is 0 Å². The molecule has 0 spiro atoms. The second-order valence-electron chi connectivity index (χ2n) is 3.15. The van der Waals surface area contributed by atoms with E-state index in [0.717, 1.165) is 18.2 Å². The molecule has 2 heterocycles. The molecule has 0 radical (unpaired) electrons. The molecule has 0 N–H and O–H groups in total. The van der Waals surface area contributed by atoms with Crippen LogP contribution in [0.3, 0.4) is 0 Å². The van der Waals surface area contributed by atoms with Gasteiger partial charge in [-0.05, 0) is 34.2 Å². The van der Waals surface area contributed by atoms with Crippen LogP contribution in [-0.4, -0.2) is 11.4 Å². The molecule has 1 nitrogen and oxygen atoms in total. The molecule has 0 amide bonds. The molecule has 0 saturated carbocycles. The van der Waals surface area contributed by atoms with Crippen molar-refractivity contribution in [3.63, 3.8) is 0 Å². The van der Waals surface area contributed by atoms with Gasteiger partial charge >= 0.3 is 0 Å². The lowest BCUT2D eigenvalue weighted by molar-refractivity contribution is 0.0587. The predicted octanol–water partition coefficient (Wildman–Crippen LogP) is 4.13. The highest BCUT2D eigenvalue weighted by Crippen LogP contribution is 2.38. The summed E-state index contributed by atoms with van der Waals surface area (Å²) >= 11 is 8.71. The van der Waals surface area contributed by atoms with Gasteiger partial charge in [-0.25, -0.2) is 0 Å². The van der Waals surface area contributed by atoms with Crippen molar-refractivity contribution < 1.29 is 4.74 Å². The molecule has 2 unspecified atom stereocenters. The molecule has 1 aromatic rings. The van der Waals surface area contributed by atoms with Gasteiger partial charge in [-0.15, -0.1) is 0 Å². The van der Waals surface area contributed by atoms with Gasteiger partial charge in [0, 0.05) is 20.7 Å². The molecule has 0 aromatic carbocycles. The second-order valence-corrected chi connectivity index (χ2v) is 5.40. The summed E-state index contributed by atoms with van der Waals surface area (Å²) < 4.78 is 7.06. The topological polar surface area (TPSA) is 9.23 Å². The number of alkyl halides is 1. The van der Waals surface area contributed by atoms with Crippen LogP contribution in [0.4, 0.5) is 0 Å². The smallest absolute Gasteiger partial charge is 0.0849 e. The summed E-state index contributed by atoms with van der Waals surface area (Å²) in [5.41, 5.74) is 1.31. The van der Waals surface area contributed by atoms with Crippen LogP contribution in [0, 0.1) is 0 Å². The Morgan fingerprint density at radius 2 is 2.31 bits per heavy atom. The number of thiophene rings is 1. The predicted molar refractivity (Wildman–Crippen MR) is 62.7 cm³/mol. The Labute approximate surface area is 98.7 Å². The maximum absolute atomic E-state index is 5.87. The summed E-state index contributed by atoms with van der Waals surface area (Å²) in [6.07, 6.45) is 3.02. The highest BCUT2D eigenvalue weighted by molar-refractivity contribution is 9.10. The number of ether oxygens (including phenoxy) is 1. The van der Waals surface area contributed by atoms with E-state index in [4.69, 9.17) is 4.74 Å². The molecule has 72 valence electrons. The Balaban J connectivity index is 2.08. The Hall–Kier alpha value is 0.620. The molecule has 1 aromatic heterocycles. The van der Waals surface area contributed by atoms with E-state index in [-0.39, 0.29) is 0 Å². The molecule has 1 aliphatic heterocycles. The molecular formula is C9H10Br2OS. The number of rotatable bonds is 2. The van der Waals surface area contributed by atoms with Crippen LogP contribution in [0.1, 0.15) is 24.5 Å². The fourth-order valence-corrected chi connectivity index (χ4v) is 3.64. The van der Waals surface area contributed by atoms with Gasteiger partial charge in [0.1, 0.15) is 0 Å². The monoisotopic (exact) mass is 324 g/mol. The van der Waals surface area contributed by atoms with Gasteiger partial charge < -0.3 is 4.74 Å². The highest BCUT2D eigenvalue weighted by atomic mass is 79.9. The number of hydrogen-bond donors (Lipinski definition) is 0. The van der Waals surface area contributed by atoms with Crippen LogP contribution in [-0.2, 0) is 4.74 Å². The van der Waals surface area contributed by atoms with Gasteiger partial charge in [0.15, 0.2) is 0 Å². The van der Waals surface area contributed by atoms with Crippen molar-refractivity contribution in [1.82, 2.24) is 0 Å². The lowest BCUT2D eigenvalue weighted by Crippen LogP contribution is -2.07. The quantitative estimate of drug-likeness (QED) is 0.743. The Morgan fingerprint density at radius 3 is 2.85 bits per heavy atom. The highest BCUT2D eigenvalue weighted by Gasteiger charge is 2.27. The van der Waals surface area contributed by atoms with E-state index in [1.54, 1.807) is 11.3 Å².